The average Bonchev–Trinajstić information content (AvgIpc) is 3.53. The molecule has 1 unspecified atom stereocenters. The summed E-state index contributed by atoms with van der Waals surface area (Å²) in [5.74, 6) is -2.60. The Kier molecular flexibility index (Phi) is 6.12. The molecule has 10 heteroatoms. The van der Waals surface area contributed by atoms with Gasteiger partial charge < -0.3 is 9.84 Å². The molecule has 1 atom stereocenters. The normalized spacial score (nSPS) is 17.1. The number of hydrogen-bond donors (Lipinski definition) is 1. The molecule has 0 saturated carbocycles. The molecule has 1 fully saturated rings. The number of methoxy groups -OCH3 is 1. The first-order valence-electron chi connectivity index (χ1n) is 11.7. The summed E-state index contributed by atoms with van der Waals surface area (Å²) in [4.78, 5) is 49.6. The monoisotopic (exact) mass is 516 g/mol. The number of aliphatic hydroxyl groups is 1. The number of ketones is 1. The fourth-order valence-corrected chi connectivity index (χ4v) is 5.59. The number of aryl methyl sites for hydroxylation is 3. The minimum Gasteiger partial charge on any atom is -0.505 e. The summed E-state index contributed by atoms with van der Waals surface area (Å²) in [7, 11) is 1.26. The summed E-state index contributed by atoms with van der Waals surface area (Å²) in [5.41, 5.74) is 3.44. The molecule has 1 aliphatic rings. The number of ether oxygens (including phenoxy) is 1. The van der Waals surface area contributed by atoms with Crippen molar-refractivity contribution in [1.29, 1.82) is 0 Å². The number of nitrogens with zero attached hydrogens (tertiary/aromatic N) is 4. The number of anilines is 1. The zero-order chi connectivity index (χ0) is 26.4. The Hall–Kier alpha value is -4.31. The minimum atomic E-state index is -0.962. The second-order valence-corrected chi connectivity index (χ2v) is 9.62. The largest absolute Gasteiger partial charge is 0.505 e. The van der Waals surface area contributed by atoms with Crippen molar-refractivity contribution in [3.8, 4) is 0 Å². The number of Topliss-reactive ketones (excluding diaryl/α,β-unsaturated/α-hetero) is 1. The summed E-state index contributed by atoms with van der Waals surface area (Å²) >= 11 is 0.964. The summed E-state index contributed by atoms with van der Waals surface area (Å²) in [6.45, 7) is 5.40. The fraction of sp³-hybridized carbons (Fsp3) is 0.222. The number of esters is 1. The Morgan fingerprint density at radius 1 is 1.08 bits per heavy atom. The third-order valence-corrected chi connectivity index (χ3v) is 7.58. The number of aliphatic hydroxyl groups excluding tert-OH is 1. The molecule has 0 radical (unpaired) electrons. The van der Waals surface area contributed by atoms with Crippen LogP contribution in [-0.2, 0) is 20.7 Å². The zero-order valence-electron chi connectivity index (χ0n) is 20.7. The molecule has 0 bridgehead atoms. The van der Waals surface area contributed by atoms with Crippen LogP contribution in [0.5, 0.6) is 0 Å². The number of imidazole rings is 1. The molecule has 4 heterocycles. The molecule has 9 nitrogen and oxygen atoms in total. The Labute approximate surface area is 216 Å². The molecule has 1 saturated heterocycles. The van der Waals surface area contributed by atoms with Gasteiger partial charge in [0.05, 0.1) is 30.1 Å². The van der Waals surface area contributed by atoms with E-state index < -0.39 is 23.7 Å². The second-order valence-electron chi connectivity index (χ2n) is 8.64. The van der Waals surface area contributed by atoms with Crippen LogP contribution in [0.4, 0.5) is 5.13 Å². The molecule has 3 aromatic heterocycles. The third kappa shape index (κ3) is 3.89. The van der Waals surface area contributed by atoms with Gasteiger partial charge in [0, 0.05) is 6.20 Å². The molecule has 188 valence electrons. The van der Waals surface area contributed by atoms with Gasteiger partial charge in [-0.2, -0.15) is 0 Å². The Bertz CT molecular complexity index is 1600. The van der Waals surface area contributed by atoms with Crippen LogP contribution in [0.1, 0.15) is 50.8 Å². The number of pyridine rings is 1. The van der Waals surface area contributed by atoms with Crippen LogP contribution in [0.15, 0.2) is 54.2 Å². The first-order valence-corrected chi connectivity index (χ1v) is 12.5. The molecule has 0 spiro atoms. The highest BCUT2D eigenvalue weighted by Gasteiger charge is 2.49. The highest BCUT2D eigenvalue weighted by molar-refractivity contribution is 7.17. The van der Waals surface area contributed by atoms with Crippen molar-refractivity contribution < 1.29 is 24.2 Å². The topological polar surface area (TPSA) is 114 Å². The molecule has 1 N–H and O–H groups in total. The van der Waals surface area contributed by atoms with Gasteiger partial charge in [0.25, 0.3) is 5.78 Å². The molecule has 1 aliphatic heterocycles. The SMILES string of the molecule is CCc1ccc(C2C(=C(O)c3c(C)nc4ccccn34)C(=O)C(=O)N2c2nc(C)c(C(=O)OC)s2)cc1. The van der Waals surface area contributed by atoms with Gasteiger partial charge in [-0.15, -0.1) is 0 Å². The molecule has 1 amide bonds. The Morgan fingerprint density at radius 2 is 1.81 bits per heavy atom. The molecule has 0 aliphatic carbocycles. The van der Waals surface area contributed by atoms with Crippen molar-refractivity contribution >= 4 is 45.5 Å². The van der Waals surface area contributed by atoms with Crippen molar-refractivity contribution in [3.05, 3.63) is 87.3 Å². The Morgan fingerprint density at radius 3 is 2.49 bits per heavy atom. The van der Waals surface area contributed by atoms with Crippen molar-refractivity contribution in [1.82, 2.24) is 14.4 Å². The summed E-state index contributed by atoms with van der Waals surface area (Å²) in [5, 5.41) is 11.8. The van der Waals surface area contributed by atoms with E-state index in [-0.39, 0.29) is 21.3 Å². The molecule has 1 aromatic carbocycles. The van der Waals surface area contributed by atoms with E-state index in [1.165, 1.54) is 12.0 Å². The molecule has 5 rings (SSSR count). The maximum Gasteiger partial charge on any atom is 0.350 e. The predicted octanol–water partition coefficient (Wildman–Crippen LogP) is 4.38. The van der Waals surface area contributed by atoms with Crippen LogP contribution in [-0.4, -0.2) is 44.2 Å². The lowest BCUT2D eigenvalue weighted by molar-refractivity contribution is -0.132. The van der Waals surface area contributed by atoms with Crippen molar-refractivity contribution in [2.24, 2.45) is 0 Å². The minimum absolute atomic E-state index is 0.0736. The lowest BCUT2D eigenvalue weighted by Gasteiger charge is -2.23. The standard InChI is InChI=1S/C27H24N4O5S/c1-5-16-9-11-17(12-10-16)21-19(22(32)20-14(2)28-18-8-6-7-13-30(18)20)23(33)25(34)31(21)27-29-15(3)24(37-27)26(35)36-4/h6-13,21,32H,5H2,1-4H3. The molecular weight excluding hydrogens is 492 g/mol. The van der Waals surface area contributed by atoms with E-state index in [1.807, 2.05) is 37.3 Å². The van der Waals surface area contributed by atoms with Gasteiger partial charge in [0.15, 0.2) is 10.9 Å². The van der Waals surface area contributed by atoms with Gasteiger partial charge in [-0.1, -0.05) is 48.6 Å². The molecule has 4 aromatic rings. The van der Waals surface area contributed by atoms with Gasteiger partial charge in [-0.05, 0) is 43.5 Å². The number of fused-ring (bicyclic) bond motifs is 1. The van der Waals surface area contributed by atoms with E-state index in [2.05, 4.69) is 9.97 Å². The van der Waals surface area contributed by atoms with Crippen LogP contribution in [0, 0.1) is 13.8 Å². The molecule has 37 heavy (non-hydrogen) atoms. The number of rotatable bonds is 5. The van der Waals surface area contributed by atoms with Gasteiger partial charge in [-0.3, -0.25) is 18.9 Å². The van der Waals surface area contributed by atoms with Crippen LogP contribution in [0.25, 0.3) is 11.4 Å². The van der Waals surface area contributed by atoms with E-state index >= 15 is 0 Å². The number of benzene rings is 1. The van der Waals surface area contributed by atoms with Gasteiger partial charge in [0.1, 0.15) is 16.2 Å². The molecular formula is C27H24N4O5S. The maximum atomic E-state index is 13.5. The van der Waals surface area contributed by atoms with Gasteiger partial charge >= 0.3 is 11.9 Å². The average molecular weight is 517 g/mol. The number of aromatic nitrogens is 3. The number of carbonyl (C=O) groups excluding carboxylic acids is 3. The zero-order valence-corrected chi connectivity index (χ0v) is 21.5. The first kappa shape index (κ1) is 24.4. The first-order chi connectivity index (χ1) is 17.8. The van der Waals surface area contributed by atoms with Crippen LogP contribution in [0.2, 0.25) is 0 Å². The van der Waals surface area contributed by atoms with Crippen molar-refractivity contribution in [2.75, 3.05) is 12.0 Å². The van der Waals surface area contributed by atoms with Crippen molar-refractivity contribution in [2.45, 2.75) is 33.2 Å². The van der Waals surface area contributed by atoms with Crippen LogP contribution < -0.4 is 4.90 Å². The highest BCUT2D eigenvalue weighted by atomic mass is 32.1. The highest BCUT2D eigenvalue weighted by Crippen LogP contribution is 2.44. The lowest BCUT2D eigenvalue weighted by atomic mass is 9.95. The predicted molar refractivity (Wildman–Crippen MR) is 139 cm³/mol. The quantitative estimate of drug-likeness (QED) is 0.181. The van der Waals surface area contributed by atoms with Crippen LogP contribution in [0.3, 0.4) is 0 Å². The van der Waals surface area contributed by atoms with E-state index in [0.717, 1.165) is 23.3 Å². The van der Waals surface area contributed by atoms with E-state index in [9.17, 15) is 19.5 Å². The van der Waals surface area contributed by atoms with Crippen molar-refractivity contribution in [3.63, 3.8) is 0 Å². The van der Waals surface area contributed by atoms with E-state index in [0.29, 0.717) is 28.3 Å². The number of carbonyl (C=O) groups is 3. The number of thiazole rings is 1. The fourth-order valence-electron chi connectivity index (χ4n) is 4.57. The lowest BCUT2D eigenvalue weighted by Crippen LogP contribution is -2.29. The smallest absolute Gasteiger partial charge is 0.350 e. The van der Waals surface area contributed by atoms with Gasteiger partial charge in [0.2, 0.25) is 0 Å². The number of hydrogen-bond acceptors (Lipinski definition) is 8. The Balaban J connectivity index is 1.76. The van der Waals surface area contributed by atoms with Gasteiger partial charge in [-0.25, -0.2) is 14.8 Å². The summed E-state index contributed by atoms with van der Waals surface area (Å²) < 4.78 is 6.52. The summed E-state index contributed by atoms with van der Waals surface area (Å²) in [6.07, 6.45) is 2.55. The third-order valence-electron chi connectivity index (χ3n) is 6.44. The van der Waals surface area contributed by atoms with E-state index in [1.54, 1.807) is 36.6 Å². The maximum absolute atomic E-state index is 13.5. The second kappa shape index (κ2) is 9.29. The van der Waals surface area contributed by atoms with E-state index in [4.69, 9.17) is 4.74 Å². The number of amides is 1. The summed E-state index contributed by atoms with van der Waals surface area (Å²) in [6, 6.07) is 11.9. The van der Waals surface area contributed by atoms with Crippen LogP contribution >= 0.6 is 11.3 Å².